The minimum absolute atomic E-state index is 0.0522. The van der Waals surface area contributed by atoms with E-state index in [9.17, 15) is 4.79 Å². The lowest BCUT2D eigenvalue weighted by atomic mass is 10.1. The van der Waals surface area contributed by atoms with Crippen molar-refractivity contribution in [2.24, 2.45) is 5.92 Å². The van der Waals surface area contributed by atoms with Gasteiger partial charge in [-0.05, 0) is 12.8 Å². The summed E-state index contributed by atoms with van der Waals surface area (Å²) in [6.45, 7) is 7.02. The third-order valence-electron chi connectivity index (χ3n) is 2.29. The molecule has 0 spiro atoms. The van der Waals surface area contributed by atoms with E-state index in [1.165, 1.54) is 0 Å². The maximum Gasteiger partial charge on any atom is 0.220 e. The predicted octanol–water partition coefficient (Wildman–Crippen LogP) is 1.35. The van der Waals surface area contributed by atoms with Gasteiger partial charge in [0.1, 0.15) is 5.69 Å². The predicted molar refractivity (Wildman–Crippen MR) is 69.4 cm³/mol. The summed E-state index contributed by atoms with van der Waals surface area (Å²) in [6, 6.07) is 0. The summed E-state index contributed by atoms with van der Waals surface area (Å²) in [4.78, 5) is 11.5. The lowest BCUT2D eigenvalue weighted by Crippen LogP contribution is -2.24. The van der Waals surface area contributed by atoms with E-state index < -0.39 is 0 Å². The molecule has 0 aromatic carbocycles. The van der Waals surface area contributed by atoms with E-state index in [0.717, 1.165) is 18.7 Å². The SMILES string of the molecule is CC#CCCn1cc(CNC(=O)CC(C)C)nn1. The Hall–Kier alpha value is -1.83. The molecule has 1 heterocycles. The molecule has 0 atom stereocenters. The van der Waals surface area contributed by atoms with Gasteiger partial charge in [0.15, 0.2) is 0 Å². The van der Waals surface area contributed by atoms with Crippen LogP contribution in [0.4, 0.5) is 0 Å². The molecule has 0 radical (unpaired) electrons. The van der Waals surface area contributed by atoms with Crippen molar-refractivity contribution in [3.63, 3.8) is 0 Å². The first kappa shape index (κ1) is 14.2. The minimum Gasteiger partial charge on any atom is -0.350 e. The third kappa shape index (κ3) is 5.48. The number of rotatable bonds is 6. The van der Waals surface area contributed by atoms with Gasteiger partial charge in [-0.25, -0.2) is 0 Å². The van der Waals surface area contributed by atoms with E-state index in [1.807, 2.05) is 27.0 Å². The number of nitrogens with one attached hydrogen (secondary N) is 1. The van der Waals surface area contributed by atoms with Gasteiger partial charge in [-0.15, -0.1) is 16.9 Å². The van der Waals surface area contributed by atoms with Gasteiger partial charge in [-0.2, -0.15) is 0 Å². The zero-order valence-electron chi connectivity index (χ0n) is 11.2. The number of amides is 1. The van der Waals surface area contributed by atoms with Crippen LogP contribution in [0.3, 0.4) is 0 Å². The first-order valence-corrected chi connectivity index (χ1v) is 6.17. The van der Waals surface area contributed by atoms with Gasteiger partial charge in [0.25, 0.3) is 0 Å². The molecule has 0 saturated carbocycles. The molecule has 0 saturated heterocycles. The van der Waals surface area contributed by atoms with Crippen LogP contribution >= 0.6 is 0 Å². The summed E-state index contributed by atoms with van der Waals surface area (Å²) in [7, 11) is 0. The minimum atomic E-state index is 0.0522. The zero-order chi connectivity index (χ0) is 13.4. The van der Waals surface area contributed by atoms with Crippen LogP contribution in [-0.4, -0.2) is 20.9 Å². The van der Waals surface area contributed by atoms with E-state index in [-0.39, 0.29) is 5.91 Å². The van der Waals surface area contributed by atoms with Gasteiger partial charge in [-0.1, -0.05) is 19.1 Å². The van der Waals surface area contributed by atoms with Crippen LogP contribution in [0.2, 0.25) is 0 Å². The van der Waals surface area contributed by atoms with Crippen molar-refractivity contribution >= 4 is 5.91 Å². The Kier molecular flexibility index (Phi) is 5.92. The van der Waals surface area contributed by atoms with Crippen LogP contribution in [0.5, 0.6) is 0 Å². The molecule has 98 valence electrons. The van der Waals surface area contributed by atoms with E-state index in [2.05, 4.69) is 27.5 Å². The van der Waals surface area contributed by atoms with Crippen molar-refractivity contribution in [1.82, 2.24) is 20.3 Å². The lowest BCUT2D eigenvalue weighted by Gasteiger charge is -2.04. The Balaban J connectivity index is 2.34. The first-order valence-electron chi connectivity index (χ1n) is 6.17. The number of nitrogens with zero attached hydrogens (tertiary/aromatic N) is 3. The zero-order valence-corrected chi connectivity index (χ0v) is 11.2. The number of hydrogen-bond donors (Lipinski definition) is 1. The van der Waals surface area contributed by atoms with Gasteiger partial charge in [0, 0.05) is 12.8 Å². The van der Waals surface area contributed by atoms with Crippen molar-refractivity contribution in [1.29, 1.82) is 0 Å². The molecule has 1 N–H and O–H groups in total. The van der Waals surface area contributed by atoms with Gasteiger partial charge in [-0.3, -0.25) is 9.48 Å². The maximum atomic E-state index is 11.5. The number of carbonyl (C=O) groups is 1. The van der Waals surface area contributed by atoms with Crippen LogP contribution in [0.25, 0.3) is 0 Å². The van der Waals surface area contributed by atoms with Crippen molar-refractivity contribution < 1.29 is 4.79 Å². The summed E-state index contributed by atoms with van der Waals surface area (Å²) in [5, 5.41) is 10.8. The summed E-state index contributed by atoms with van der Waals surface area (Å²) >= 11 is 0. The summed E-state index contributed by atoms with van der Waals surface area (Å²) < 4.78 is 1.74. The van der Waals surface area contributed by atoms with Crippen LogP contribution < -0.4 is 5.32 Å². The average Bonchev–Trinajstić information content (AvgIpc) is 2.74. The fourth-order valence-electron chi connectivity index (χ4n) is 1.46. The second kappa shape index (κ2) is 7.49. The molecule has 1 rings (SSSR count). The Bertz CT molecular complexity index is 439. The molecule has 18 heavy (non-hydrogen) atoms. The summed E-state index contributed by atoms with van der Waals surface area (Å²) in [6.07, 6.45) is 3.15. The highest BCUT2D eigenvalue weighted by atomic mass is 16.1. The standard InChI is InChI=1S/C13H20N4O/c1-4-5-6-7-17-10-12(15-16-17)9-14-13(18)8-11(2)3/h10-11H,6-9H2,1-3H3,(H,14,18). The molecular formula is C13H20N4O. The number of carbonyl (C=O) groups excluding carboxylic acids is 1. The van der Waals surface area contributed by atoms with E-state index in [0.29, 0.717) is 18.9 Å². The van der Waals surface area contributed by atoms with Crippen molar-refractivity contribution in [3.8, 4) is 11.8 Å². The molecule has 0 fully saturated rings. The van der Waals surface area contributed by atoms with Gasteiger partial charge in [0.2, 0.25) is 5.91 Å². The van der Waals surface area contributed by atoms with Crippen LogP contribution in [0.15, 0.2) is 6.20 Å². The number of aromatic nitrogens is 3. The van der Waals surface area contributed by atoms with Crippen LogP contribution in [0, 0.1) is 17.8 Å². The quantitative estimate of drug-likeness (QED) is 0.773. The topological polar surface area (TPSA) is 59.8 Å². The van der Waals surface area contributed by atoms with Crippen LogP contribution in [-0.2, 0) is 17.9 Å². The second-order valence-electron chi connectivity index (χ2n) is 4.52. The fourth-order valence-corrected chi connectivity index (χ4v) is 1.46. The molecule has 5 heteroatoms. The monoisotopic (exact) mass is 248 g/mol. The summed E-state index contributed by atoms with van der Waals surface area (Å²) in [5.74, 6) is 6.22. The van der Waals surface area contributed by atoms with E-state index in [1.54, 1.807) is 4.68 Å². The average molecular weight is 248 g/mol. The molecule has 0 aliphatic heterocycles. The van der Waals surface area contributed by atoms with Crippen molar-refractivity contribution in [3.05, 3.63) is 11.9 Å². The Morgan fingerprint density at radius 1 is 1.56 bits per heavy atom. The largest absolute Gasteiger partial charge is 0.350 e. The molecule has 0 unspecified atom stereocenters. The lowest BCUT2D eigenvalue weighted by molar-refractivity contribution is -0.121. The molecule has 1 aromatic rings. The smallest absolute Gasteiger partial charge is 0.220 e. The number of aryl methyl sites for hydroxylation is 1. The third-order valence-corrected chi connectivity index (χ3v) is 2.29. The molecular weight excluding hydrogens is 228 g/mol. The van der Waals surface area contributed by atoms with Crippen molar-refractivity contribution in [2.45, 2.75) is 46.7 Å². The molecule has 0 aliphatic carbocycles. The highest BCUT2D eigenvalue weighted by molar-refractivity contribution is 5.75. The molecule has 1 aromatic heterocycles. The Labute approximate surface area is 108 Å². The molecule has 5 nitrogen and oxygen atoms in total. The second-order valence-corrected chi connectivity index (χ2v) is 4.52. The van der Waals surface area contributed by atoms with E-state index >= 15 is 0 Å². The normalized spacial score (nSPS) is 10.0. The maximum absolute atomic E-state index is 11.5. The Morgan fingerprint density at radius 2 is 2.33 bits per heavy atom. The van der Waals surface area contributed by atoms with Gasteiger partial charge < -0.3 is 5.32 Å². The van der Waals surface area contributed by atoms with Gasteiger partial charge >= 0.3 is 0 Å². The summed E-state index contributed by atoms with van der Waals surface area (Å²) in [5.41, 5.74) is 0.775. The van der Waals surface area contributed by atoms with Crippen molar-refractivity contribution in [2.75, 3.05) is 0 Å². The molecule has 0 bridgehead atoms. The molecule has 0 aliphatic rings. The fraction of sp³-hybridized carbons (Fsp3) is 0.615. The van der Waals surface area contributed by atoms with Crippen LogP contribution in [0.1, 0.15) is 39.3 Å². The highest BCUT2D eigenvalue weighted by Gasteiger charge is 2.06. The number of hydrogen-bond acceptors (Lipinski definition) is 3. The Morgan fingerprint density at radius 3 is 3.00 bits per heavy atom. The van der Waals surface area contributed by atoms with Gasteiger partial charge in [0.05, 0.1) is 19.3 Å². The highest BCUT2D eigenvalue weighted by Crippen LogP contribution is 1.99. The van der Waals surface area contributed by atoms with E-state index in [4.69, 9.17) is 0 Å². The first-order chi connectivity index (χ1) is 8.61. The molecule has 1 amide bonds.